The van der Waals surface area contributed by atoms with Gasteiger partial charge in [-0.2, -0.15) is 0 Å². The number of benzene rings is 1. The van der Waals surface area contributed by atoms with Gasteiger partial charge < -0.3 is 0 Å². The van der Waals surface area contributed by atoms with Crippen LogP contribution >= 0.6 is 11.3 Å². The Morgan fingerprint density at radius 3 is 2.46 bits per heavy atom. The molecule has 3 rings (SSSR count). The molecule has 0 atom stereocenters. The van der Waals surface area contributed by atoms with Crippen molar-refractivity contribution >= 4 is 37.0 Å². The first-order valence-corrected chi connectivity index (χ1v) is 11.9. The van der Waals surface area contributed by atoms with E-state index in [2.05, 4.69) is 29.6 Å². The van der Waals surface area contributed by atoms with Gasteiger partial charge in [0.2, 0.25) is 0 Å². The quantitative estimate of drug-likeness (QED) is 0.717. The molecular weight excluding hydrogens is 364 g/mol. The molecule has 142 valence electrons. The van der Waals surface area contributed by atoms with Crippen molar-refractivity contribution in [1.29, 1.82) is 0 Å². The zero-order chi connectivity index (χ0) is 18.9. The molecule has 0 unspecified atom stereocenters. The second kappa shape index (κ2) is 7.43. The van der Waals surface area contributed by atoms with E-state index in [4.69, 9.17) is 0 Å². The molecule has 1 aromatic heterocycles. The van der Waals surface area contributed by atoms with Gasteiger partial charge in [-0.1, -0.05) is 12.1 Å². The van der Waals surface area contributed by atoms with Crippen LogP contribution in [0, 0.1) is 11.8 Å². The fraction of sp³-hybridized carbons (Fsp3) is 0.571. The zero-order valence-electron chi connectivity index (χ0n) is 15.8. The lowest BCUT2D eigenvalue weighted by Gasteiger charge is -2.30. The molecule has 0 bridgehead atoms. The molecule has 3 nitrogen and oxygen atoms in total. The van der Waals surface area contributed by atoms with Crippen LogP contribution < -0.4 is 0 Å². The molecule has 0 saturated heterocycles. The van der Waals surface area contributed by atoms with Crippen molar-refractivity contribution in [3.63, 3.8) is 0 Å². The van der Waals surface area contributed by atoms with Crippen LogP contribution in [0.4, 0.5) is 0 Å². The number of carbonyl (C=O) groups is 1. The molecule has 1 heterocycles. The topological polar surface area (TPSA) is 51.2 Å². The summed E-state index contributed by atoms with van der Waals surface area (Å²) in [5.74, 6) is 0.846. The third kappa shape index (κ3) is 4.37. The van der Waals surface area contributed by atoms with Crippen molar-refractivity contribution in [2.45, 2.75) is 57.6 Å². The van der Waals surface area contributed by atoms with Crippen molar-refractivity contribution in [3.05, 3.63) is 35.2 Å². The molecule has 0 amide bonds. The second-order valence-electron chi connectivity index (χ2n) is 8.55. The lowest BCUT2D eigenvalue weighted by atomic mass is 9.79. The van der Waals surface area contributed by atoms with Crippen LogP contribution in [0.1, 0.15) is 52.0 Å². The molecule has 0 radical (unpaired) electrons. The Kier molecular flexibility index (Phi) is 5.59. The van der Waals surface area contributed by atoms with Crippen molar-refractivity contribution in [1.82, 2.24) is 0 Å². The minimum atomic E-state index is -3.08. The van der Waals surface area contributed by atoms with Crippen molar-refractivity contribution in [2.24, 2.45) is 11.8 Å². The molecule has 0 aliphatic heterocycles. The van der Waals surface area contributed by atoms with E-state index in [1.165, 1.54) is 10.1 Å². The first-order chi connectivity index (χ1) is 12.2. The molecule has 1 fully saturated rings. The summed E-state index contributed by atoms with van der Waals surface area (Å²) < 4.78 is 25.3. The van der Waals surface area contributed by atoms with E-state index >= 15 is 0 Å². The van der Waals surface area contributed by atoms with E-state index in [1.807, 2.05) is 0 Å². The van der Waals surface area contributed by atoms with E-state index in [0.29, 0.717) is 12.2 Å². The number of sulfone groups is 1. The number of carbonyl (C=O) groups excluding carboxylic acids is 1. The fourth-order valence-electron chi connectivity index (χ4n) is 3.67. The Morgan fingerprint density at radius 2 is 1.81 bits per heavy atom. The average molecular weight is 393 g/mol. The van der Waals surface area contributed by atoms with E-state index in [1.54, 1.807) is 32.1 Å². The van der Waals surface area contributed by atoms with Crippen LogP contribution in [0.25, 0.3) is 10.1 Å². The monoisotopic (exact) mass is 392 g/mol. The highest BCUT2D eigenvalue weighted by atomic mass is 32.2. The van der Waals surface area contributed by atoms with E-state index in [0.717, 1.165) is 31.2 Å². The van der Waals surface area contributed by atoms with Crippen LogP contribution in [0.2, 0.25) is 0 Å². The lowest BCUT2D eigenvalue weighted by Crippen LogP contribution is -2.35. The second-order valence-corrected chi connectivity index (χ2v) is 12.3. The smallest absolute Gasteiger partial charge is 0.155 e. The molecule has 0 spiro atoms. The zero-order valence-corrected chi connectivity index (χ0v) is 17.5. The number of hydrogen-bond acceptors (Lipinski definition) is 4. The first kappa shape index (κ1) is 19.6. The molecule has 5 heteroatoms. The minimum absolute atomic E-state index is 0.0858. The highest BCUT2D eigenvalue weighted by molar-refractivity contribution is 7.92. The number of ketones is 1. The summed E-state index contributed by atoms with van der Waals surface area (Å²) in [6, 6.07) is 8.36. The predicted molar refractivity (Wildman–Crippen MR) is 110 cm³/mol. The maximum atomic E-state index is 12.7. The largest absolute Gasteiger partial charge is 0.299 e. The molecule has 2 aromatic rings. The SMILES string of the molecule is CC(C)(C)S(=O)(=O)CC1CCC(C(=O)Cc2ccc3ccsc3c2)CC1. The van der Waals surface area contributed by atoms with Crippen LogP contribution in [-0.4, -0.2) is 24.7 Å². The van der Waals surface area contributed by atoms with Gasteiger partial charge in [0.15, 0.2) is 9.84 Å². The molecule has 1 aliphatic rings. The van der Waals surface area contributed by atoms with E-state index < -0.39 is 14.6 Å². The van der Waals surface area contributed by atoms with Crippen LogP contribution in [0.3, 0.4) is 0 Å². The van der Waals surface area contributed by atoms with Gasteiger partial charge >= 0.3 is 0 Å². The molecule has 0 N–H and O–H groups in total. The van der Waals surface area contributed by atoms with Crippen molar-refractivity contribution < 1.29 is 13.2 Å². The Hall–Kier alpha value is -1.20. The number of thiophene rings is 1. The van der Waals surface area contributed by atoms with Gasteiger partial charge in [-0.15, -0.1) is 11.3 Å². The predicted octanol–water partition coefficient (Wildman–Crippen LogP) is 5.03. The lowest BCUT2D eigenvalue weighted by molar-refractivity contribution is -0.123. The summed E-state index contributed by atoms with van der Waals surface area (Å²) in [6.07, 6.45) is 3.82. The van der Waals surface area contributed by atoms with Crippen LogP contribution in [0.5, 0.6) is 0 Å². The standard InChI is InChI=1S/C21H28O3S2/c1-21(2,3)26(23,24)14-15-4-7-17(8-5-15)19(22)12-16-6-9-18-10-11-25-20(18)13-16/h6,9-11,13,15,17H,4-5,7-8,12,14H2,1-3H3. The molecule has 1 aromatic carbocycles. The van der Waals surface area contributed by atoms with Gasteiger partial charge in [-0.25, -0.2) is 8.42 Å². The van der Waals surface area contributed by atoms with Gasteiger partial charge in [0.25, 0.3) is 0 Å². The number of fused-ring (bicyclic) bond motifs is 1. The molecular formula is C21H28O3S2. The number of Topliss-reactive ketones (excluding diaryl/α,β-unsaturated/α-hetero) is 1. The minimum Gasteiger partial charge on any atom is -0.299 e. The first-order valence-electron chi connectivity index (χ1n) is 9.37. The van der Waals surface area contributed by atoms with Gasteiger partial charge in [0.1, 0.15) is 5.78 Å². The van der Waals surface area contributed by atoms with Crippen LogP contribution in [-0.2, 0) is 21.1 Å². The summed E-state index contributed by atoms with van der Waals surface area (Å²) in [5.41, 5.74) is 1.09. The van der Waals surface area contributed by atoms with Crippen LogP contribution in [0.15, 0.2) is 29.6 Å². The number of rotatable bonds is 5. The third-order valence-electron chi connectivity index (χ3n) is 5.59. The molecule has 26 heavy (non-hydrogen) atoms. The van der Waals surface area contributed by atoms with Crippen molar-refractivity contribution in [2.75, 3.05) is 5.75 Å². The molecule has 1 saturated carbocycles. The highest BCUT2D eigenvalue weighted by Crippen LogP contribution is 2.33. The summed E-state index contributed by atoms with van der Waals surface area (Å²) in [4.78, 5) is 12.7. The van der Waals surface area contributed by atoms with E-state index in [-0.39, 0.29) is 17.6 Å². The van der Waals surface area contributed by atoms with E-state index in [9.17, 15) is 13.2 Å². The Labute approximate surface area is 160 Å². The summed E-state index contributed by atoms with van der Waals surface area (Å²) in [5, 5.41) is 3.30. The average Bonchev–Trinajstić information content (AvgIpc) is 3.01. The van der Waals surface area contributed by atoms with Gasteiger partial charge in [0.05, 0.1) is 10.5 Å². The van der Waals surface area contributed by atoms with Gasteiger partial charge in [-0.05, 0) is 80.8 Å². The Morgan fingerprint density at radius 1 is 1.12 bits per heavy atom. The van der Waals surface area contributed by atoms with Gasteiger partial charge in [0, 0.05) is 17.0 Å². The normalized spacial score (nSPS) is 21.8. The summed E-state index contributed by atoms with van der Waals surface area (Å²) >= 11 is 1.70. The highest BCUT2D eigenvalue weighted by Gasteiger charge is 2.34. The Balaban J connectivity index is 1.55. The van der Waals surface area contributed by atoms with Crippen molar-refractivity contribution in [3.8, 4) is 0 Å². The number of hydrogen-bond donors (Lipinski definition) is 0. The summed E-state index contributed by atoms with van der Waals surface area (Å²) in [7, 11) is -3.08. The maximum Gasteiger partial charge on any atom is 0.155 e. The fourth-order valence-corrected chi connectivity index (χ4v) is 5.97. The Bertz CT molecular complexity index is 879. The third-order valence-corrected chi connectivity index (χ3v) is 9.25. The summed E-state index contributed by atoms with van der Waals surface area (Å²) in [6.45, 7) is 5.30. The molecule has 1 aliphatic carbocycles. The maximum absolute atomic E-state index is 12.7. The van der Waals surface area contributed by atoms with Gasteiger partial charge in [-0.3, -0.25) is 4.79 Å².